The van der Waals surface area contributed by atoms with E-state index in [1.54, 1.807) is 7.11 Å². The van der Waals surface area contributed by atoms with Crippen molar-refractivity contribution < 1.29 is 14.6 Å². The van der Waals surface area contributed by atoms with E-state index in [4.69, 9.17) is 14.6 Å². The summed E-state index contributed by atoms with van der Waals surface area (Å²) in [6.07, 6.45) is 2.69. The van der Waals surface area contributed by atoms with Gasteiger partial charge in [-0.3, -0.25) is 4.90 Å². The minimum absolute atomic E-state index is 0.124. The zero-order chi connectivity index (χ0) is 14.9. The lowest BCUT2D eigenvalue weighted by Crippen LogP contribution is -2.41. The van der Waals surface area contributed by atoms with Crippen LogP contribution in [0.1, 0.15) is 18.4 Å². The van der Waals surface area contributed by atoms with Crippen molar-refractivity contribution in [1.29, 1.82) is 0 Å². The maximum atomic E-state index is 8.70. The van der Waals surface area contributed by atoms with E-state index in [-0.39, 0.29) is 6.61 Å². The van der Waals surface area contributed by atoms with Crippen molar-refractivity contribution in [2.24, 2.45) is 0 Å². The number of piperidine rings is 1. The highest BCUT2D eigenvalue weighted by atomic mass is 16.5. The van der Waals surface area contributed by atoms with Gasteiger partial charge in [0.05, 0.1) is 6.10 Å². The van der Waals surface area contributed by atoms with Crippen molar-refractivity contribution >= 4 is 0 Å². The van der Waals surface area contributed by atoms with E-state index in [1.165, 1.54) is 6.42 Å². The Morgan fingerprint density at radius 3 is 3.14 bits per heavy atom. The van der Waals surface area contributed by atoms with Crippen LogP contribution in [0.3, 0.4) is 0 Å². The molecule has 0 aliphatic carbocycles. The zero-order valence-corrected chi connectivity index (χ0v) is 12.5. The molecule has 1 N–H and O–H groups in total. The van der Waals surface area contributed by atoms with Gasteiger partial charge < -0.3 is 14.6 Å². The normalized spacial score (nSPS) is 18.9. The molecule has 114 valence electrons. The van der Waals surface area contributed by atoms with Crippen LogP contribution in [0.5, 0.6) is 5.75 Å². The number of hydrogen-bond acceptors (Lipinski definition) is 4. The standard InChI is InChI=1S/C17H23NO3/c1-20-17-8-3-9-18(14-17)10-12-21-16-7-2-5-15(13-16)6-4-11-19/h2,5,7,13,17,19H,3,8-12,14H2,1H3. The molecule has 21 heavy (non-hydrogen) atoms. The Balaban J connectivity index is 1.78. The first kappa shape index (κ1) is 15.8. The molecule has 0 aromatic heterocycles. The van der Waals surface area contributed by atoms with E-state index in [0.717, 1.165) is 37.4 Å². The number of ether oxygens (including phenoxy) is 2. The van der Waals surface area contributed by atoms with Crippen LogP contribution in [-0.2, 0) is 4.74 Å². The van der Waals surface area contributed by atoms with Gasteiger partial charge in [-0.25, -0.2) is 0 Å². The van der Waals surface area contributed by atoms with E-state index in [1.807, 2.05) is 24.3 Å². The van der Waals surface area contributed by atoms with Gasteiger partial charge in [0, 0.05) is 25.8 Å². The molecule has 1 aromatic carbocycles. The number of hydrogen-bond donors (Lipinski definition) is 1. The minimum atomic E-state index is -0.124. The van der Waals surface area contributed by atoms with Gasteiger partial charge in [0.25, 0.3) is 0 Å². The van der Waals surface area contributed by atoms with Crippen LogP contribution in [0, 0.1) is 11.8 Å². The van der Waals surface area contributed by atoms with Crippen LogP contribution in [0.4, 0.5) is 0 Å². The van der Waals surface area contributed by atoms with Crippen LogP contribution in [0.15, 0.2) is 24.3 Å². The third-order valence-corrected chi connectivity index (χ3v) is 3.62. The Labute approximate surface area is 126 Å². The third-order valence-electron chi connectivity index (χ3n) is 3.62. The number of aliphatic hydroxyl groups excluding tert-OH is 1. The van der Waals surface area contributed by atoms with Gasteiger partial charge in [-0.1, -0.05) is 17.9 Å². The summed E-state index contributed by atoms with van der Waals surface area (Å²) in [6.45, 7) is 3.55. The molecule has 4 nitrogen and oxygen atoms in total. The second kappa shape index (κ2) is 8.68. The molecule has 0 spiro atoms. The first-order chi connectivity index (χ1) is 10.3. The molecular formula is C17H23NO3. The molecule has 1 saturated heterocycles. The lowest BCUT2D eigenvalue weighted by atomic mass is 10.1. The summed E-state index contributed by atoms with van der Waals surface area (Å²) in [5, 5.41) is 8.70. The van der Waals surface area contributed by atoms with Crippen molar-refractivity contribution in [3.8, 4) is 17.6 Å². The molecule has 0 bridgehead atoms. The first-order valence-corrected chi connectivity index (χ1v) is 7.39. The lowest BCUT2D eigenvalue weighted by Gasteiger charge is -2.31. The van der Waals surface area contributed by atoms with E-state index in [2.05, 4.69) is 16.7 Å². The van der Waals surface area contributed by atoms with Crippen LogP contribution in [0.25, 0.3) is 0 Å². The Morgan fingerprint density at radius 1 is 1.43 bits per heavy atom. The van der Waals surface area contributed by atoms with Gasteiger partial charge >= 0.3 is 0 Å². The number of aliphatic hydroxyl groups is 1. The average molecular weight is 289 g/mol. The van der Waals surface area contributed by atoms with Crippen molar-refractivity contribution in [2.45, 2.75) is 18.9 Å². The van der Waals surface area contributed by atoms with Crippen LogP contribution in [-0.4, -0.2) is 56.1 Å². The SMILES string of the molecule is COC1CCCN(CCOc2cccc(C#CCO)c2)C1. The quantitative estimate of drug-likeness (QED) is 0.835. The van der Waals surface area contributed by atoms with Crippen molar-refractivity contribution in [1.82, 2.24) is 4.90 Å². The molecule has 0 radical (unpaired) electrons. The highest BCUT2D eigenvalue weighted by molar-refractivity contribution is 5.39. The Morgan fingerprint density at radius 2 is 2.33 bits per heavy atom. The Bertz CT molecular complexity index is 492. The van der Waals surface area contributed by atoms with Crippen molar-refractivity contribution in [2.75, 3.05) is 40.0 Å². The number of rotatable bonds is 5. The summed E-state index contributed by atoms with van der Waals surface area (Å²) in [7, 11) is 1.78. The smallest absolute Gasteiger partial charge is 0.120 e. The van der Waals surface area contributed by atoms with Gasteiger partial charge in [0.2, 0.25) is 0 Å². The minimum Gasteiger partial charge on any atom is -0.492 e. The van der Waals surface area contributed by atoms with Gasteiger partial charge in [-0.15, -0.1) is 0 Å². The number of benzene rings is 1. The highest BCUT2D eigenvalue weighted by Crippen LogP contribution is 2.14. The highest BCUT2D eigenvalue weighted by Gasteiger charge is 2.18. The molecule has 1 fully saturated rings. The molecule has 2 rings (SSSR count). The second-order valence-corrected chi connectivity index (χ2v) is 5.14. The second-order valence-electron chi connectivity index (χ2n) is 5.14. The Hall–Kier alpha value is -1.54. The van der Waals surface area contributed by atoms with Gasteiger partial charge in [0.1, 0.15) is 19.0 Å². The predicted molar refractivity (Wildman–Crippen MR) is 82.4 cm³/mol. The summed E-state index contributed by atoms with van der Waals surface area (Å²) in [6, 6.07) is 7.65. The summed E-state index contributed by atoms with van der Waals surface area (Å²) < 4.78 is 11.2. The van der Waals surface area contributed by atoms with E-state index in [0.29, 0.717) is 12.7 Å². The van der Waals surface area contributed by atoms with Crippen molar-refractivity contribution in [3.63, 3.8) is 0 Å². The van der Waals surface area contributed by atoms with E-state index >= 15 is 0 Å². The maximum Gasteiger partial charge on any atom is 0.120 e. The first-order valence-electron chi connectivity index (χ1n) is 7.39. The van der Waals surface area contributed by atoms with E-state index < -0.39 is 0 Å². The maximum absolute atomic E-state index is 8.70. The van der Waals surface area contributed by atoms with Crippen LogP contribution < -0.4 is 4.74 Å². The molecule has 1 atom stereocenters. The summed E-state index contributed by atoms with van der Waals surface area (Å²) in [4.78, 5) is 2.38. The topological polar surface area (TPSA) is 41.9 Å². The average Bonchev–Trinajstić information content (AvgIpc) is 2.53. The summed E-state index contributed by atoms with van der Waals surface area (Å²) >= 11 is 0. The molecule has 0 amide bonds. The van der Waals surface area contributed by atoms with Gasteiger partial charge in [-0.05, 0) is 37.6 Å². The Kier molecular flexibility index (Phi) is 6.55. The van der Waals surface area contributed by atoms with Gasteiger partial charge in [0.15, 0.2) is 0 Å². The fraction of sp³-hybridized carbons (Fsp3) is 0.529. The van der Waals surface area contributed by atoms with Crippen LogP contribution in [0.2, 0.25) is 0 Å². The molecule has 4 heteroatoms. The fourth-order valence-corrected chi connectivity index (χ4v) is 2.51. The summed E-state index contributed by atoms with van der Waals surface area (Å²) in [5.41, 5.74) is 0.860. The zero-order valence-electron chi connectivity index (χ0n) is 12.5. The van der Waals surface area contributed by atoms with Crippen molar-refractivity contribution in [3.05, 3.63) is 29.8 Å². The number of likely N-dealkylation sites (tertiary alicyclic amines) is 1. The van der Waals surface area contributed by atoms with Crippen LogP contribution >= 0.6 is 0 Å². The molecule has 1 heterocycles. The molecule has 1 aliphatic rings. The van der Waals surface area contributed by atoms with Gasteiger partial charge in [-0.2, -0.15) is 0 Å². The predicted octanol–water partition coefficient (Wildman–Crippen LogP) is 1.52. The molecule has 1 unspecified atom stereocenters. The summed E-state index contributed by atoms with van der Waals surface area (Å²) in [5.74, 6) is 6.34. The molecule has 1 aliphatic heterocycles. The number of methoxy groups -OCH3 is 1. The number of nitrogens with zero attached hydrogens (tertiary/aromatic N) is 1. The monoisotopic (exact) mass is 289 g/mol. The lowest BCUT2D eigenvalue weighted by molar-refractivity contribution is 0.0272. The third kappa shape index (κ3) is 5.39. The largest absolute Gasteiger partial charge is 0.492 e. The molecule has 0 saturated carbocycles. The fourth-order valence-electron chi connectivity index (χ4n) is 2.51. The molecule has 1 aromatic rings. The van der Waals surface area contributed by atoms with E-state index in [9.17, 15) is 0 Å². The molecular weight excluding hydrogens is 266 g/mol.